The fraction of sp³-hybridized carbons (Fsp3) is 0.357. The van der Waals surface area contributed by atoms with Gasteiger partial charge >= 0.3 is 0 Å². The number of rotatable bonds is 1. The van der Waals surface area contributed by atoms with Crippen molar-refractivity contribution in [2.45, 2.75) is 6.42 Å². The van der Waals surface area contributed by atoms with Gasteiger partial charge in [0.1, 0.15) is 11.8 Å². The van der Waals surface area contributed by atoms with Crippen LogP contribution in [0.25, 0.3) is 0 Å². The molecule has 1 N–H and O–H groups in total. The first-order valence-electron chi connectivity index (χ1n) is 6.39. The number of nitrogens with zero attached hydrogens (tertiary/aromatic N) is 3. The van der Waals surface area contributed by atoms with Crippen molar-refractivity contribution in [1.82, 2.24) is 0 Å². The summed E-state index contributed by atoms with van der Waals surface area (Å²) >= 11 is 5.98. The molecular weight excluding hydrogens is 276 g/mol. The summed E-state index contributed by atoms with van der Waals surface area (Å²) in [5, 5.41) is 24.2. The van der Waals surface area contributed by atoms with Gasteiger partial charge in [-0.1, -0.05) is 17.7 Å². The second-order valence-corrected chi connectivity index (χ2v) is 5.26. The Bertz CT molecular complexity index is 622. The highest BCUT2D eigenvalue weighted by Gasteiger charge is 2.39. The molecule has 20 heavy (non-hydrogen) atoms. The van der Waals surface area contributed by atoms with Crippen LogP contribution < -0.4 is 5.01 Å². The Hall–Kier alpha value is -1.90. The first kappa shape index (κ1) is 13.1. The molecule has 1 aromatic carbocycles. The maximum atomic E-state index is 9.38. The van der Waals surface area contributed by atoms with E-state index in [-0.39, 0.29) is 11.8 Å². The van der Waals surface area contributed by atoms with E-state index >= 15 is 0 Å². The van der Waals surface area contributed by atoms with E-state index in [9.17, 15) is 5.26 Å². The second-order valence-electron chi connectivity index (χ2n) is 4.82. The molecule has 1 fully saturated rings. The molecule has 6 heteroatoms. The Kier molecular flexibility index (Phi) is 3.43. The van der Waals surface area contributed by atoms with Gasteiger partial charge in [0.25, 0.3) is 0 Å². The molecule has 2 unspecified atom stereocenters. The first-order chi connectivity index (χ1) is 9.70. The molecule has 0 saturated carbocycles. The average Bonchev–Trinajstić information content (AvgIpc) is 2.46. The highest BCUT2D eigenvalue weighted by Crippen LogP contribution is 2.32. The smallest absolute Gasteiger partial charge is 0.140 e. The van der Waals surface area contributed by atoms with Crippen LogP contribution in [0.15, 0.2) is 29.4 Å². The molecule has 0 amide bonds. The number of nitrogens with one attached hydrogen (secondary N) is 1. The molecule has 0 aliphatic carbocycles. The summed E-state index contributed by atoms with van der Waals surface area (Å²) in [6, 6.07) is 9.35. The minimum Gasteiger partial charge on any atom is -0.375 e. The van der Waals surface area contributed by atoms with Crippen LogP contribution in [0.2, 0.25) is 5.02 Å². The van der Waals surface area contributed by atoms with Crippen molar-refractivity contribution in [3.05, 3.63) is 29.3 Å². The number of nitriles is 1. The van der Waals surface area contributed by atoms with E-state index in [2.05, 4.69) is 11.2 Å². The van der Waals surface area contributed by atoms with Crippen LogP contribution in [0.5, 0.6) is 0 Å². The van der Waals surface area contributed by atoms with Crippen molar-refractivity contribution in [3.8, 4) is 6.07 Å². The molecule has 5 nitrogen and oxygen atoms in total. The van der Waals surface area contributed by atoms with Crippen molar-refractivity contribution in [2.75, 3.05) is 18.2 Å². The normalized spacial score (nSPS) is 25.7. The summed E-state index contributed by atoms with van der Waals surface area (Å²) in [6.45, 7) is 1.04. The molecule has 2 atom stereocenters. The Labute approximate surface area is 121 Å². The molecule has 2 aliphatic rings. The van der Waals surface area contributed by atoms with E-state index in [1.165, 1.54) is 5.01 Å². The van der Waals surface area contributed by atoms with Gasteiger partial charge < -0.3 is 4.74 Å². The number of hydrogen-bond donors (Lipinski definition) is 1. The summed E-state index contributed by atoms with van der Waals surface area (Å²) < 4.78 is 5.41. The third-order valence-corrected chi connectivity index (χ3v) is 3.83. The van der Waals surface area contributed by atoms with E-state index in [1.54, 1.807) is 18.2 Å². The molecule has 102 valence electrons. The van der Waals surface area contributed by atoms with E-state index < -0.39 is 5.92 Å². The molecule has 0 radical (unpaired) electrons. The van der Waals surface area contributed by atoms with Crippen LogP contribution in [-0.4, -0.2) is 24.8 Å². The lowest BCUT2D eigenvalue weighted by atomic mass is 9.83. The zero-order valence-electron chi connectivity index (χ0n) is 10.7. The molecular formula is C14H13ClN4O. The number of hydrogen-bond acceptors (Lipinski definition) is 4. The lowest BCUT2D eigenvalue weighted by Gasteiger charge is -2.36. The van der Waals surface area contributed by atoms with Crippen LogP contribution in [-0.2, 0) is 4.74 Å². The van der Waals surface area contributed by atoms with Gasteiger partial charge in [0, 0.05) is 17.5 Å². The third-order valence-electron chi connectivity index (χ3n) is 3.60. The largest absolute Gasteiger partial charge is 0.375 e. The van der Waals surface area contributed by atoms with Gasteiger partial charge in [0.05, 0.1) is 24.1 Å². The molecule has 1 saturated heterocycles. The quantitative estimate of drug-likeness (QED) is 0.863. The number of ether oxygens (including phenoxy) is 1. The predicted octanol–water partition coefficient (Wildman–Crippen LogP) is 2.67. The van der Waals surface area contributed by atoms with Gasteiger partial charge in [-0.3, -0.25) is 5.41 Å². The van der Waals surface area contributed by atoms with Gasteiger partial charge in [-0.25, -0.2) is 5.01 Å². The zero-order valence-corrected chi connectivity index (χ0v) is 11.5. The van der Waals surface area contributed by atoms with Crippen molar-refractivity contribution >= 4 is 28.8 Å². The SMILES string of the molecule is N#CC1C(=N)N(c2cccc(Cl)c2)N=C2COCCC21. The lowest BCUT2D eigenvalue weighted by Crippen LogP contribution is -2.47. The van der Waals surface area contributed by atoms with Crippen LogP contribution in [0.1, 0.15) is 6.42 Å². The molecule has 0 spiro atoms. The number of hydrazone groups is 1. The lowest BCUT2D eigenvalue weighted by molar-refractivity contribution is 0.133. The van der Waals surface area contributed by atoms with E-state index in [1.807, 2.05) is 6.07 Å². The topological polar surface area (TPSA) is 72.5 Å². The van der Waals surface area contributed by atoms with Gasteiger partial charge in [0.2, 0.25) is 0 Å². The van der Waals surface area contributed by atoms with Crippen LogP contribution in [0, 0.1) is 28.6 Å². The standard InChI is InChI=1S/C14H13ClN4O/c15-9-2-1-3-10(6-9)19-14(17)12(7-16)11-4-5-20-8-13(11)18-19/h1-3,6,11-12,17H,4-5,8H2. The zero-order chi connectivity index (χ0) is 14.1. The molecule has 3 rings (SSSR count). The number of anilines is 1. The minimum absolute atomic E-state index is 0.00307. The summed E-state index contributed by atoms with van der Waals surface area (Å²) in [5.74, 6) is -0.285. The molecule has 1 aromatic rings. The summed E-state index contributed by atoms with van der Waals surface area (Å²) in [6.07, 6.45) is 0.739. The minimum atomic E-state index is -0.481. The van der Waals surface area contributed by atoms with Crippen LogP contribution in [0.4, 0.5) is 5.69 Å². The fourth-order valence-electron chi connectivity index (χ4n) is 2.58. The Balaban J connectivity index is 2.03. The Morgan fingerprint density at radius 1 is 1.50 bits per heavy atom. The fourth-order valence-corrected chi connectivity index (χ4v) is 2.77. The Morgan fingerprint density at radius 2 is 2.35 bits per heavy atom. The molecule has 0 bridgehead atoms. The van der Waals surface area contributed by atoms with Crippen molar-refractivity contribution in [3.63, 3.8) is 0 Å². The molecule has 2 heterocycles. The van der Waals surface area contributed by atoms with Crippen LogP contribution in [0.3, 0.4) is 0 Å². The summed E-state index contributed by atoms with van der Waals surface area (Å²) in [5.41, 5.74) is 1.53. The average molecular weight is 289 g/mol. The Morgan fingerprint density at radius 3 is 3.10 bits per heavy atom. The number of benzene rings is 1. The monoisotopic (exact) mass is 288 g/mol. The van der Waals surface area contributed by atoms with Crippen molar-refractivity contribution in [2.24, 2.45) is 16.9 Å². The first-order valence-corrected chi connectivity index (χ1v) is 6.77. The van der Waals surface area contributed by atoms with Gasteiger partial charge in [-0.15, -0.1) is 0 Å². The summed E-state index contributed by atoms with van der Waals surface area (Å²) in [7, 11) is 0. The number of halogens is 1. The highest BCUT2D eigenvalue weighted by atomic mass is 35.5. The van der Waals surface area contributed by atoms with Crippen LogP contribution >= 0.6 is 11.6 Å². The van der Waals surface area contributed by atoms with E-state index in [4.69, 9.17) is 21.7 Å². The van der Waals surface area contributed by atoms with Gasteiger partial charge in [-0.2, -0.15) is 10.4 Å². The maximum absolute atomic E-state index is 9.38. The molecule has 2 aliphatic heterocycles. The van der Waals surface area contributed by atoms with Gasteiger partial charge in [-0.05, 0) is 24.6 Å². The van der Waals surface area contributed by atoms with Gasteiger partial charge in [0.15, 0.2) is 0 Å². The highest BCUT2D eigenvalue weighted by molar-refractivity contribution is 6.31. The predicted molar refractivity (Wildman–Crippen MR) is 77.1 cm³/mol. The second kappa shape index (κ2) is 5.23. The van der Waals surface area contributed by atoms with Crippen molar-refractivity contribution < 1.29 is 4.74 Å². The number of fused-ring (bicyclic) bond motifs is 1. The van der Waals surface area contributed by atoms with E-state index in [0.29, 0.717) is 23.9 Å². The maximum Gasteiger partial charge on any atom is 0.140 e. The number of amidine groups is 1. The third kappa shape index (κ3) is 2.17. The van der Waals surface area contributed by atoms with Crippen molar-refractivity contribution in [1.29, 1.82) is 10.7 Å². The molecule has 0 aromatic heterocycles. The summed E-state index contributed by atoms with van der Waals surface area (Å²) in [4.78, 5) is 0. The van der Waals surface area contributed by atoms with E-state index in [0.717, 1.165) is 12.1 Å².